The van der Waals surface area contributed by atoms with Gasteiger partial charge < -0.3 is 14.4 Å². The van der Waals surface area contributed by atoms with Crippen molar-refractivity contribution in [2.24, 2.45) is 0 Å². The number of rotatable bonds is 3. The van der Waals surface area contributed by atoms with E-state index in [-0.39, 0.29) is 17.6 Å². The van der Waals surface area contributed by atoms with Gasteiger partial charge in [0.15, 0.2) is 0 Å². The Labute approximate surface area is 115 Å². The molecule has 20 heavy (non-hydrogen) atoms. The summed E-state index contributed by atoms with van der Waals surface area (Å²) < 4.78 is 10.7. The third kappa shape index (κ3) is 2.42. The minimum Gasteiger partial charge on any atom is -0.478 e. The molecule has 1 aromatic heterocycles. The summed E-state index contributed by atoms with van der Waals surface area (Å²) in [6.45, 7) is 2.59. The standard InChI is InChI=1S/C14H14N2O4/c1-8-5-11(7-19-8)13-15-12(16-20-13)9-3-2-4-10(6-9)14(17)18/h2-4,6,8,11H,5,7H2,1H3,(H,17,18). The van der Waals surface area contributed by atoms with E-state index in [1.54, 1.807) is 12.1 Å². The van der Waals surface area contributed by atoms with Crippen LogP contribution in [0.5, 0.6) is 0 Å². The number of benzene rings is 1. The van der Waals surface area contributed by atoms with Gasteiger partial charge in [0.05, 0.1) is 24.2 Å². The van der Waals surface area contributed by atoms with Gasteiger partial charge in [-0.15, -0.1) is 0 Å². The molecule has 1 aliphatic rings. The molecule has 0 bridgehead atoms. The molecule has 3 rings (SSSR count). The van der Waals surface area contributed by atoms with Crippen molar-refractivity contribution >= 4 is 5.97 Å². The molecule has 2 heterocycles. The Kier molecular flexibility index (Phi) is 3.23. The van der Waals surface area contributed by atoms with E-state index in [9.17, 15) is 4.79 Å². The van der Waals surface area contributed by atoms with Gasteiger partial charge in [0, 0.05) is 5.56 Å². The fourth-order valence-electron chi connectivity index (χ4n) is 2.30. The Hall–Kier alpha value is -2.21. The van der Waals surface area contributed by atoms with E-state index in [2.05, 4.69) is 10.1 Å². The van der Waals surface area contributed by atoms with Crippen LogP contribution in [0.3, 0.4) is 0 Å². The fraction of sp³-hybridized carbons (Fsp3) is 0.357. The van der Waals surface area contributed by atoms with Crippen LogP contribution in [-0.4, -0.2) is 33.9 Å². The molecule has 2 atom stereocenters. The van der Waals surface area contributed by atoms with E-state index in [1.807, 2.05) is 6.92 Å². The molecule has 1 fully saturated rings. The van der Waals surface area contributed by atoms with Gasteiger partial charge in [-0.1, -0.05) is 17.3 Å². The number of carbonyl (C=O) groups is 1. The molecule has 1 aliphatic heterocycles. The van der Waals surface area contributed by atoms with E-state index in [4.69, 9.17) is 14.4 Å². The van der Waals surface area contributed by atoms with E-state index in [1.165, 1.54) is 12.1 Å². The second-order valence-electron chi connectivity index (χ2n) is 4.92. The summed E-state index contributed by atoms with van der Waals surface area (Å²) in [5.74, 6) is 0.0928. The summed E-state index contributed by atoms with van der Waals surface area (Å²) in [5, 5.41) is 12.9. The predicted octanol–water partition coefficient (Wildman–Crippen LogP) is 2.33. The zero-order chi connectivity index (χ0) is 14.1. The summed E-state index contributed by atoms with van der Waals surface area (Å²) in [7, 11) is 0. The lowest BCUT2D eigenvalue weighted by Gasteiger charge is -1.99. The van der Waals surface area contributed by atoms with Crippen molar-refractivity contribution < 1.29 is 19.2 Å². The molecule has 1 aromatic carbocycles. The number of ether oxygens (including phenoxy) is 1. The highest BCUT2D eigenvalue weighted by atomic mass is 16.5. The van der Waals surface area contributed by atoms with Gasteiger partial charge in [-0.3, -0.25) is 0 Å². The van der Waals surface area contributed by atoms with Gasteiger partial charge >= 0.3 is 5.97 Å². The molecule has 1 N–H and O–H groups in total. The molecule has 1 saturated heterocycles. The molecule has 0 aliphatic carbocycles. The summed E-state index contributed by atoms with van der Waals surface area (Å²) in [6, 6.07) is 6.48. The average molecular weight is 274 g/mol. The molecular formula is C14H14N2O4. The third-order valence-electron chi connectivity index (χ3n) is 3.36. The molecule has 2 aromatic rings. The number of carboxylic acid groups (broad SMARTS) is 1. The molecule has 0 saturated carbocycles. The molecular weight excluding hydrogens is 260 g/mol. The van der Waals surface area contributed by atoms with Crippen LogP contribution in [0.1, 0.15) is 35.5 Å². The first-order valence-electron chi connectivity index (χ1n) is 6.42. The molecule has 104 valence electrons. The van der Waals surface area contributed by atoms with Crippen molar-refractivity contribution in [3.05, 3.63) is 35.7 Å². The number of hydrogen-bond donors (Lipinski definition) is 1. The lowest BCUT2D eigenvalue weighted by Crippen LogP contribution is -1.98. The van der Waals surface area contributed by atoms with Crippen LogP contribution in [0.4, 0.5) is 0 Å². The van der Waals surface area contributed by atoms with Crippen LogP contribution in [0, 0.1) is 0 Å². The van der Waals surface area contributed by atoms with E-state index < -0.39 is 5.97 Å². The second kappa shape index (κ2) is 5.05. The first-order chi connectivity index (χ1) is 9.63. The molecule has 6 nitrogen and oxygen atoms in total. The van der Waals surface area contributed by atoms with Gasteiger partial charge in [-0.25, -0.2) is 4.79 Å². The summed E-state index contributed by atoms with van der Waals surface area (Å²) >= 11 is 0. The van der Waals surface area contributed by atoms with E-state index in [0.29, 0.717) is 23.9 Å². The van der Waals surface area contributed by atoms with Gasteiger partial charge in [0.25, 0.3) is 0 Å². The Morgan fingerprint density at radius 1 is 1.45 bits per heavy atom. The molecule has 0 radical (unpaired) electrons. The summed E-state index contributed by atoms with van der Waals surface area (Å²) in [5.41, 5.74) is 0.832. The van der Waals surface area contributed by atoms with Crippen LogP contribution in [-0.2, 0) is 4.74 Å². The minimum absolute atomic E-state index is 0.119. The number of aromatic carboxylic acids is 1. The lowest BCUT2D eigenvalue weighted by molar-refractivity contribution is 0.0697. The van der Waals surface area contributed by atoms with Gasteiger partial charge in [0.2, 0.25) is 11.7 Å². The summed E-state index contributed by atoms with van der Waals surface area (Å²) in [4.78, 5) is 15.3. The maximum Gasteiger partial charge on any atom is 0.335 e. The van der Waals surface area contributed by atoms with E-state index >= 15 is 0 Å². The SMILES string of the molecule is CC1CC(c2nc(-c3cccc(C(=O)O)c3)no2)CO1. The fourth-order valence-corrected chi connectivity index (χ4v) is 2.30. The van der Waals surface area contributed by atoms with E-state index in [0.717, 1.165) is 6.42 Å². The highest BCUT2D eigenvalue weighted by Gasteiger charge is 2.28. The smallest absolute Gasteiger partial charge is 0.335 e. The maximum atomic E-state index is 11.0. The van der Waals surface area contributed by atoms with Crippen LogP contribution in [0.15, 0.2) is 28.8 Å². The van der Waals surface area contributed by atoms with Crippen LogP contribution >= 0.6 is 0 Å². The average Bonchev–Trinajstić information content (AvgIpc) is 3.07. The zero-order valence-electron chi connectivity index (χ0n) is 10.9. The normalized spacial score (nSPS) is 22.1. The van der Waals surface area contributed by atoms with Crippen molar-refractivity contribution in [1.29, 1.82) is 0 Å². The molecule has 6 heteroatoms. The van der Waals surface area contributed by atoms with Crippen molar-refractivity contribution in [3.8, 4) is 11.4 Å². The topological polar surface area (TPSA) is 85.5 Å². The lowest BCUT2D eigenvalue weighted by atomic mass is 10.1. The summed E-state index contributed by atoms with van der Waals surface area (Å²) in [6.07, 6.45) is 1.06. The van der Waals surface area contributed by atoms with Crippen LogP contribution in [0.2, 0.25) is 0 Å². The predicted molar refractivity (Wildman–Crippen MR) is 69.5 cm³/mol. The van der Waals surface area contributed by atoms with Crippen molar-refractivity contribution in [2.45, 2.75) is 25.4 Å². The zero-order valence-corrected chi connectivity index (χ0v) is 10.9. The Morgan fingerprint density at radius 3 is 3.00 bits per heavy atom. The molecule has 0 spiro atoms. The van der Waals surface area contributed by atoms with Crippen LogP contribution in [0.25, 0.3) is 11.4 Å². The van der Waals surface area contributed by atoms with Crippen molar-refractivity contribution in [3.63, 3.8) is 0 Å². The maximum absolute atomic E-state index is 11.0. The Bertz CT molecular complexity index is 638. The molecule has 2 unspecified atom stereocenters. The number of aromatic nitrogens is 2. The highest BCUT2D eigenvalue weighted by molar-refractivity contribution is 5.89. The number of nitrogens with zero attached hydrogens (tertiary/aromatic N) is 2. The Morgan fingerprint density at radius 2 is 2.30 bits per heavy atom. The largest absolute Gasteiger partial charge is 0.478 e. The molecule has 0 amide bonds. The highest BCUT2D eigenvalue weighted by Crippen LogP contribution is 2.29. The van der Waals surface area contributed by atoms with Crippen LogP contribution < -0.4 is 0 Å². The number of hydrogen-bond acceptors (Lipinski definition) is 5. The quantitative estimate of drug-likeness (QED) is 0.924. The first kappa shape index (κ1) is 12.8. The van der Waals surface area contributed by atoms with Gasteiger partial charge in [-0.2, -0.15) is 4.98 Å². The number of carboxylic acids is 1. The third-order valence-corrected chi connectivity index (χ3v) is 3.36. The van der Waals surface area contributed by atoms with Gasteiger partial charge in [-0.05, 0) is 25.5 Å². The first-order valence-corrected chi connectivity index (χ1v) is 6.42. The van der Waals surface area contributed by atoms with Gasteiger partial charge in [0.1, 0.15) is 0 Å². The van der Waals surface area contributed by atoms with Crippen molar-refractivity contribution in [2.75, 3.05) is 6.61 Å². The minimum atomic E-state index is -0.978. The second-order valence-corrected chi connectivity index (χ2v) is 4.92. The monoisotopic (exact) mass is 274 g/mol. The van der Waals surface area contributed by atoms with Crippen molar-refractivity contribution in [1.82, 2.24) is 10.1 Å². The Balaban J connectivity index is 1.86.